The van der Waals surface area contributed by atoms with Crippen molar-refractivity contribution in [1.29, 1.82) is 0 Å². The van der Waals surface area contributed by atoms with E-state index >= 15 is 0 Å². The fourth-order valence-corrected chi connectivity index (χ4v) is 2.49. The number of morpholine rings is 1. The lowest BCUT2D eigenvalue weighted by molar-refractivity contribution is -0.163. The van der Waals surface area contributed by atoms with E-state index in [1.807, 2.05) is 5.01 Å². The number of piperidine rings is 1. The van der Waals surface area contributed by atoms with Gasteiger partial charge in [-0.15, -0.1) is 0 Å². The molecule has 0 saturated carbocycles. The van der Waals surface area contributed by atoms with Crippen molar-refractivity contribution < 1.29 is 9.53 Å². The second-order valence-electron chi connectivity index (χ2n) is 5.04. The van der Waals surface area contributed by atoms with Crippen LogP contribution in [-0.4, -0.2) is 60.9 Å². The molecule has 1 N–H and O–H groups in total. The highest BCUT2D eigenvalue weighted by molar-refractivity contribution is 5.82. The Kier molecular flexibility index (Phi) is 4.36. The van der Waals surface area contributed by atoms with Gasteiger partial charge in [0.25, 0.3) is 5.91 Å². The van der Waals surface area contributed by atoms with Gasteiger partial charge in [-0.1, -0.05) is 13.8 Å². The smallest absolute Gasteiger partial charge is 0.253 e. The molecule has 5 heteroatoms. The molecule has 2 saturated heterocycles. The standard InChI is InChI=1S/C12H23N3O2/c1-10(2)13-11-4-3-5-15(12(11)16)14-6-8-17-9-7-14/h10-11,13H,3-9H2,1-2H3. The number of carbonyl (C=O) groups is 1. The SMILES string of the molecule is CC(C)NC1CCCN(N2CCOCC2)C1=O. The molecule has 2 rings (SSSR count). The Hall–Kier alpha value is -0.650. The van der Waals surface area contributed by atoms with Gasteiger partial charge in [0.1, 0.15) is 0 Å². The molecule has 5 nitrogen and oxygen atoms in total. The topological polar surface area (TPSA) is 44.8 Å². The lowest BCUT2D eigenvalue weighted by Gasteiger charge is -2.42. The van der Waals surface area contributed by atoms with Crippen LogP contribution in [-0.2, 0) is 9.53 Å². The highest BCUT2D eigenvalue weighted by Crippen LogP contribution is 2.15. The fraction of sp³-hybridized carbons (Fsp3) is 0.917. The average Bonchev–Trinajstić information content (AvgIpc) is 2.32. The summed E-state index contributed by atoms with van der Waals surface area (Å²) >= 11 is 0. The van der Waals surface area contributed by atoms with Gasteiger partial charge in [-0.25, -0.2) is 5.01 Å². The van der Waals surface area contributed by atoms with Crippen LogP contribution in [0.4, 0.5) is 0 Å². The van der Waals surface area contributed by atoms with Gasteiger partial charge in [0.15, 0.2) is 0 Å². The normalized spacial score (nSPS) is 27.8. The quantitative estimate of drug-likeness (QED) is 0.768. The first-order chi connectivity index (χ1) is 8.18. The number of rotatable bonds is 3. The average molecular weight is 241 g/mol. The van der Waals surface area contributed by atoms with E-state index in [-0.39, 0.29) is 11.9 Å². The maximum Gasteiger partial charge on any atom is 0.253 e. The van der Waals surface area contributed by atoms with Gasteiger partial charge in [0.2, 0.25) is 0 Å². The number of hydrogen-bond acceptors (Lipinski definition) is 4. The van der Waals surface area contributed by atoms with Gasteiger partial charge < -0.3 is 10.1 Å². The molecule has 1 amide bonds. The third-order valence-corrected chi connectivity index (χ3v) is 3.28. The summed E-state index contributed by atoms with van der Waals surface area (Å²) in [5.74, 6) is 0.229. The monoisotopic (exact) mass is 241 g/mol. The zero-order valence-electron chi connectivity index (χ0n) is 10.8. The Morgan fingerprint density at radius 3 is 2.65 bits per heavy atom. The molecule has 0 aromatic carbocycles. The van der Waals surface area contributed by atoms with E-state index in [2.05, 4.69) is 24.2 Å². The number of hydrazine groups is 1. The molecule has 0 spiro atoms. The van der Waals surface area contributed by atoms with Crippen LogP contribution in [0.25, 0.3) is 0 Å². The molecule has 1 atom stereocenters. The van der Waals surface area contributed by atoms with Crippen LogP contribution in [0.2, 0.25) is 0 Å². The Labute approximate surface area is 103 Å². The van der Waals surface area contributed by atoms with E-state index in [0.717, 1.165) is 45.7 Å². The second kappa shape index (κ2) is 5.80. The minimum atomic E-state index is -0.00778. The summed E-state index contributed by atoms with van der Waals surface area (Å²) in [5.41, 5.74) is 0. The predicted molar refractivity (Wildman–Crippen MR) is 65.4 cm³/mol. The molecule has 17 heavy (non-hydrogen) atoms. The van der Waals surface area contributed by atoms with Crippen molar-refractivity contribution >= 4 is 5.91 Å². The van der Waals surface area contributed by atoms with Gasteiger partial charge in [-0.05, 0) is 12.8 Å². The fourth-order valence-electron chi connectivity index (χ4n) is 2.49. The zero-order chi connectivity index (χ0) is 12.3. The molecular weight excluding hydrogens is 218 g/mol. The summed E-state index contributed by atoms with van der Waals surface area (Å²) in [4.78, 5) is 12.3. The van der Waals surface area contributed by atoms with Crippen molar-refractivity contribution in [3.63, 3.8) is 0 Å². The Morgan fingerprint density at radius 2 is 2.00 bits per heavy atom. The van der Waals surface area contributed by atoms with E-state index < -0.39 is 0 Å². The summed E-state index contributed by atoms with van der Waals surface area (Å²) in [7, 11) is 0. The summed E-state index contributed by atoms with van der Waals surface area (Å²) in [6, 6.07) is 0.347. The first kappa shape index (κ1) is 12.8. The van der Waals surface area contributed by atoms with Crippen LogP contribution in [0.1, 0.15) is 26.7 Å². The van der Waals surface area contributed by atoms with E-state index in [1.165, 1.54) is 0 Å². The van der Waals surface area contributed by atoms with E-state index in [4.69, 9.17) is 4.74 Å². The van der Waals surface area contributed by atoms with Crippen molar-refractivity contribution in [2.45, 2.75) is 38.8 Å². The summed E-state index contributed by atoms with van der Waals surface area (Å²) in [6.45, 7) is 8.15. The molecule has 0 aromatic heterocycles. The van der Waals surface area contributed by atoms with Crippen LogP contribution < -0.4 is 5.32 Å². The van der Waals surface area contributed by atoms with Crippen LogP contribution in [0.3, 0.4) is 0 Å². The van der Waals surface area contributed by atoms with E-state index in [9.17, 15) is 4.79 Å². The Bertz CT molecular complexity index is 264. The van der Waals surface area contributed by atoms with Crippen molar-refractivity contribution in [3.05, 3.63) is 0 Å². The van der Waals surface area contributed by atoms with Crippen LogP contribution in [0.5, 0.6) is 0 Å². The summed E-state index contributed by atoms with van der Waals surface area (Å²) < 4.78 is 5.32. The molecule has 0 radical (unpaired) electrons. The molecule has 1 unspecified atom stereocenters. The van der Waals surface area contributed by atoms with Crippen molar-refractivity contribution in [1.82, 2.24) is 15.3 Å². The van der Waals surface area contributed by atoms with Crippen LogP contribution in [0.15, 0.2) is 0 Å². The second-order valence-corrected chi connectivity index (χ2v) is 5.04. The first-order valence-electron chi connectivity index (χ1n) is 6.58. The number of carbonyl (C=O) groups excluding carboxylic acids is 1. The maximum absolute atomic E-state index is 12.3. The number of nitrogens with one attached hydrogen (secondary N) is 1. The van der Waals surface area contributed by atoms with Crippen molar-refractivity contribution in [2.24, 2.45) is 0 Å². The van der Waals surface area contributed by atoms with Gasteiger partial charge in [0, 0.05) is 25.7 Å². The number of nitrogens with zero attached hydrogens (tertiary/aromatic N) is 2. The van der Waals surface area contributed by atoms with Crippen molar-refractivity contribution in [2.75, 3.05) is 32.8 Å². The third kappa shape index (κ3) is 3.18. The summed E-state index contributed by atoms with van der Waals surface area (Å²) in [6.07, 6.45) is 2.03. The number of hydrogen-bond donors (Lipinski definition) is 1. The minimum absolute atomic E-state index is 0.00778. The Morgan fingerprint density at radius 1 is 1.29 bits per heavy atom. The molecule has 0 bridgehead atoms. The van der Waals surface area contributed by atoms with Crippen LogP contribution in [0, 0.1) is 0 Å². The molecule has 0 aromatic rings. The van der Waals surface area contributed by atoms with E-state index in [0.29, 0.717) is 6.04 Å². The number of amides is 1. The van der Waals surface area contributed by atoms with Crippen LogP contribution >= 0.6 is 0 Å². The van der Waals surface area contributed by atoms with Crippen molar-refractivity contribution in [3.8, 4) is 0 Å². The Balaban J connectivity index is 1.95. The molecule has 2 aliphatic heterocycles. The molecular formula is C12H23N3O2. The molecule has 2 heterocycles. The van der Waals surface area contributed by atoms with Gasteiger partial charge >= 0.3 is 0 Å². The lowest BCUT2D eigenvalue weighted by Crippen LogP contribution is -2.60. The molecule has 2 aliphatic rings. The molecule has 98 valence electrons. The zero-order valence-corrected chi connectivity index (χ0v) is 10.8. The third-order valence-electron chi connectivity index (χ3n) is 3.28. The predicted octanol–water partition coefficient (Wildman–Crippen LogP) is 0.223. The highest BCUT2D eigenvalue weighted by Gasteiger charge is 2.32. The maximum atomic E-state index is 12.3. The van der Waals surface area contributed by atoms with Gasteiger partial charge in [0.05, 0.1) is 19.3 Å². The van der Waals surface area contributed by atoms with E-state index in [1.54, 1.807) is 0 Å². The molecule has 2 fully saturated rings. The van der Waals surface area contributed by atoms with Gasteiger partial charge in [-0.2, -0.15) is 0 Å². The van der Waals surface area contributed by atoms with Gasteiger partial charge in [-0.3, -0.25) is 9.80 Å². The summed E-state index contributed by atoms with van der Waals surface area (Å²) in [5, 5.41) is 7.41. The number of ether oxygens (including phenoxy) is 1. The lowest BCUT2D eigenvalue weighted by atomic mass is 10.1. The minimum Gasteiger partial charge on any atom is -0.379 e. The molecule has 0 aliphatic carbocycles. The first-order valence-corrected chi connectivity index (χ1v) is 6.58. The highest BCUT2D eigenvalue weighted by atomic mass is 16.5. The largest absolute Gasteiger partial charge is 0.379 e.